The Labute approximate surface area is 261 Å². The van der Waals surface area contributed by atoms with Crippen LogP contribution in [0, 0.1) is 6.92 Å². The van der Waals surface area contributed by atoms with Gasteiger partial charge in [-0.2, -0.15) is 5.10 Å². The van der Waals surface area contributed by atoms with Gasteiger partial charge in [-0.25, -0.2) is 5.43 Å². The van der Waals surface area contributed by atoms with Gasteiger partial charge in [-0.15, -0.1) is 0 Å². The fourth-order valence-corrected chi connectivity index (χ4v) is 2.75. The summed E-state index contributed by atoms with van der Waals surface area (Å²) in [7, 11) is 0. The number of anilines is 1. The number of furan rings is 1. The Kier molecular flexibility index (Phi) is 17.9. The molecule has 218 valence electrons. The van der Waals surface area contributed by atoms with Gasteiger partial charge in [-0.05, 0) is 128 Å². The molecule has 0 aliphatic heterocycles. The summed E-state index contributed by atoms with van der Waals surface area (Å²) in [5, 5.41) is 6.91. The summed E-state index contributed by atoms with van der Waals surface area (Å²) in [6, 6.07) is 12.2. The molecule has 0 aliphatic carbocycles. The number of nitrogens with zero attached hydrogens (tertiary/aromatic N) is 3. The molecule has 0 radical (unpaired) electrons. The molecule has 3 aromatic rings. The van der Waals surface area contributed by atoms with Crippen molar-refractivity contribution in [2.75, 3.05) is 5.32 Å². The van der Waals surface area contributed by atoms with E-state index in [1.165, 1.54) is 18.7 Å². The third kappa shape index (κ3) is 15.4. The van der Waals surface area contributed by atoms with E-state index in [0.717, 1.165) is 5.56 Å². The second-order valence-electron chi connectivity index (χ2n) is 7.79. The first-order valence-electron chi connectivity index (χ1n) is 12.7. The Hall–Kier alpha value is -7.23. The van der Waals surface area contributed by atoms with Gasteiger partial charge in [0, 0.05) is 18.1 Å². The smallest absolute Gasteiger partial charge is 0.274 e. The molecule has 2 aromatic heterocycles. The average Bonchev–Trinajstić information content (AvgIpc) is 3.50. The Balaban J connectivity index is 0.000000464. The summed E-state index contributed by atoms with van der Waals surface area (Å²) < 4.78 is 5.11. The first-order chi connectivity index (χ1) is 21.9. The molecule has 45 heavy (non-hydrogen) atoms. The van der Waals surface area contributed by atoms with E-state index in [4.69, 9.17) is 4.42 Å². The lowest BCUT2D eigenvalue weighted by molar-refractivity contribution is 0.0952. The van der Waals surface area contributed by atoms with Crippen LogP contribution in [-0.2, 0) is 0 Å². The maximum atomic E-state index is 12.1. The predicted molar refractivity (Wildman–Crippen MR) is 175 cm³/mol. The summed E-state index contributed by atoms with van der Waals surface area (Å²) in [6.45, 7) is 16.5. The van der Waals surface area contributed by atoms with Gasteiger partial charge in [0.05, 0.1) is 29.3 Å². The van der Waals surface area contributed by atoms with Crippen molar-refractivity contribution in [2.24, 2.45) is 10.1 Å². The zero-order valence-corrected chi connectivity index (χ0v) is 24.7. The molecule has 2 heterocycles. The van der Waals surface area contributed by atoms with E-state index in [1.54, 1.807) is 50.4 Å². The van der Waals surface area contributed by atoms with Gasteiger partial charge in [-0.1, -0.05) is 29.3 Å². The molecule has 8 heteroatoms. The molecule has 8 nitrogen and oxygen atoms in total. The first kappa shape index (κ1) is 35.8. The van der Waals surface area contributed by atoms with Gasteiger partial charge in [0.15, 0.2) is 0 Å². The third-order valence-electron chi connectivity index (χ3n) is 4.78. The fraction of sp³-hybridized carbons (Fsp3) is 0.0541. The van der Waals surface area contributed by atoms with Crippen molar-refractivity contribution in [3.63, 3.8) is 0 Å². The van der Waals surface area contributed by atoms with Crippen molar-refractivity contribution in [2.45, 2.75) is 13.8 Å². The summed E-state index contributed by atoms with van der Waals surface area (Å²) in [5.74, 6) is -0.0287. The number of pyridine rings is 1. The minimum atomic E-state index is -0.332. The van der Waals surface area contributed by atoms with Gasteiger partial charge in [-0.3, -0.25) is 19.6 Å². The van der Waals surface area contributed by atoms with E-state index in [2.05, 4.69) is 121 Å². The Morgan fingerprint density at radius 3 is 2.02 bits per heavy atom. The van der Waals surface area contributed by atoms with Gasteiger partial charge in [0.1, 0.15) is 5.76 Å². The van der Waals surface area contributed by atoms with Crippen LogP contribution in [0.5, 0.6) is 0 Å². The molecule has 2 amide bonds. The molecule has 1 aromatic carbocycles. The number of carbonyl (C=O) groups is 2. The number of hydrogen-bond donors (Lipinski definition) is 2. The van der Waals surface area contributed by atoms with E-state index in [-0.39, 0.29) is 11.8 Å². The second-order valence-corrected chi connectivity index (χ2v) is 7.79. The Morgan fingerprint density at radius 1 is 0.844 bits per heavy atom. The van der Waals surface area contributed by atoms with E-state index in [0.29, 0.717) is 28.3 Å². The second kappa shape index (κ2) is 22.5. The monoisotopic (exact) mass is 589 g/mol. The number of aryl methyl sites for hydroxylation is 1. The first-order valence-corrected chi connectivity index (χ1v) is 12.7. The maximum Gasteiger partial charge on any atom is 0.274 e. The van der Waals surface area contributed by atoms with Crippen molar-refractivity contribution < 1.29 is 14.0 Å². The van der Waals surface area contributed by atoms with Gasteiger partial charge < -0.3 is 9.73 Å². The van der Waals surface area contributed by atoms with Gasteiger partial charge >= 0.3 is 0 Å². The third-order valence-corrected chi connectivity index (χ3v) is 4.78. The molecule has 2 N–H and O–H groups in total. The van der Waals surface area contributed by atoms with Crippen molar-refractivity contribution >= 4 is 29.9 Å². The summed E-state index contributed by atoms with van der Waals surface area (Å²) >= 11 is 0. The lowest BCUT2D eigenvalue weighted by atomic mass is 10.1. The number of carbonyl (C=O) groups excluding carboxylic acids is 2. The number of nitrogens with one attached hydrogen (secondary N) is 2. The van der Waals surface area contributed by atoms with Crippen LogP contribution in [0.4, 0.5) is 5.69 Å². The standard InChI is InChI=1S/C20H18N4O3.C10H5N.C7H4/c1-13(23-24-20(26)18-9-11-27-14(18)2)15-5-7-17(8-6-15)22-19(25)16-4-3-10-21-12-16;1-3-4-5-6-7-8-9-10-11-2;1-3-5-7-6-4-2/h3-12H,1-2H3,(H,22,25)(H,24,26);10H,1-2H2;1-2H2/b23-13+;;. The topological polar surface area (TPSA) is 109 Å². The van der Waals surface area contributed by atoms with Crippen molar-refractivity contribution in [1.29, 1.82) is 0 Å². The van der Waals surface area contributed by atoms with E-state index >= 15 is 0 Å². The highest BCUT2D eigenvalue weighted by molar-refractivity contribution is 6.05. The molecule has 0 atom stereocenters. The molecule has 0 saturated heterocycles. The van der Waals surface area contributed by atoms with Crippen molar-refractivity contribution in [3.8, 4) is 0 Å². The van der Waals surface area contributed by atoms with Crippen LogP contribution in [0.15, 0.2) is 170 Å². The SMILES string of the molecule is C/C(=N\NC(=O)c1ccoc1C)c1ccc(NC(=O)c2cccnc2)cc1.C=C=C=C=C=C=C.C=C=C=C=C=C=C=C=CN=C. The van der Waals surface area contributed by atoms with Crippen molar-refractivity contribution in [1.82, 2.24) is 10.4 Å². The zero-order valence-electron chi connectivity index (χ0n) is 24.7. The highest BCUT2D eigenvalue weighted by Gasteiger charge is 2.11. The molecule has 0 bridgehead atoms. The molecule has 0 aliphatic rings. The molecular formula is C37H27N5O3. The fourth-order valence-electron chi connectivity index (χ4n) is 2.75. The lowest BCUT2D eigenvalue weighted by Crippen LogP contribution is -2.19. The van der Waals surface area contributed by atoms with E-state index in [9.17, 15) is 9.59 Å². The predicted octanol–water partition coefficient (Wildman–Crippen LogP) is 6.88. The van der Waals surface area contributed by atoms with Crippen LogP contribution in [0.3, 0.4) is 0 Å². The summed E-state index contributed by atoms with van der Waals surface area (Å²) in [5.41, 5.74) is 34.8. The highest BCUT2D eigenvalue weighted by Crippen LogP contribution is 2.12. The number of hydrogen-bond acceptors (Lipinski definition) is 6. The summed E-state index contributed by atoms with van der Waals surface area (Å²) in [4.78, 5) is 31.5. The largest absolute Gasteiger partial charge is 0.469 e. The number of amides is 2. The number of benzene rings is 1. The van der Waals surface area contributed by atoms with Crippen LogP contribution in [0.2, 0.25) is 0 Å². The van der Waals surface area contributed by atoms with Crippen LogP contribution in [0.1, 0.15) is 39.0 Å². The molecule has 0 unspecified atom stereocenters. The van der Waals surface area contributed by atoms with E-state index < -0.39 is 0 Å². The average molecular weight is 590 g/mol. The van der Waals surface area contributed by atoms with E-state index in [1.807, 2.05) is 12.1 Å². The van der Waals surface area contributed by atoms with Crippen LogP contribution in [0.25, 0.3) is 0 Å². The molecular weight excluding hydrogens is 562 g/mol. The Morgan fingerprint density at radius 2 is 1.47 bits per heavy atom. The molecule has 0 saturated carbocycles. The van der Waals surface area contributed by atoms with Gasteiger partial charge in [0.25, 0.3) is 11.8 Å². The van der Waals surface area contributed by atoms with Crippen molar-refractivity contribution in [3.05, 3.63) is 178 Å². The van der Waals surface area contributed by atoms with Crippen LogP contribution >= 0.6 is 0 Å². The number of hydrazone groups is 1. The van der Waals surface area contributed by atoms with Crippen LogP contribution in [-0.4, -0.2) is 29.2 Å². The highest BCUT2D eigenvalue weighted by atomic mass is 16.3. The van der Waals surface area contributed by atoms with Crippen LogP contribution < -0.4 is 10.7 Å². The molecule has 3 rings (SSSR count). The molecule has 0 fully saturated rings. The number of aromatic nitrogens is 1. The minimum Gasteiger partial charge on any atom is -0.469 e. The lowest BCUT2D eigenvalue weighted by Gasteiger charge is -2.07. The Bertz CT molecular complexity index is 1970. The zero-order chi connectivity index (χ0) is 33.1. The number of aliphatic imine (C=N–C) groups is 1. The minimum absolute atomic E-state index is 0.232. The van der Waals surface area contributed by atoms with Gasteiger partial charge in [0.2, 0.25) is 0 Å². The normalized spacial score (nSPS) is 8.27. The maximum absolute atomic E-state index is 12.1. The quantitative estimate of drug-likeness (QED) is 0.186. The molecule has 0 spiro atoms. The summed E-state index contributed by atoms with van der Waals surface area (Å²) in [6.07, 6.45) is 5.94. The number of rotatable bonds is 6.